The Morgan fingerprint density at radius 1 is 1.38 bits per heavy atom. The van der Waals surface area contributed by atoms with Gasteiger partial charge >= 0.3 is 0 Å². The van der Waals surface area contributed by atoms with Crippen LogP contribution in [0, 0.1) is 11.7 Å². The summed E-state index contributed by atoms with van der Waals surface area (Å²) in [5.41, 5.74) is 0.454. The molecule has 0 saturated carbocycles. The minimum absolute atomic E-state index is 0.0965. The molecule has 3 aliphatic rings. The van der Waals surface area contributed by atoms with Gasteiger partial charge in [-0.3, -0.25) is 14.7 Å². The minimum atomic E-state index is -0.359. The van der Waals surface area contributed by atoms with Crippen LogP contribution in [0.4, 0.5) is 4.39 Å². The largest absolute Gasteiger partial charge is 0.347 e. The summed E-state index contributed by atoms with van der Waals surface area (Å²) in [6, 6.07) is 3.19. The van der Waals surface area contributed by atoms with Gasteiger partial charge in [0.25, 0.3) is 5.91 Å². The lowest BCUT2D eigenvalue weighted by molar-refractivity contribution is 0.0218. The molecule has 7 heteroatoms. The second-order valence-corrected chi connectivity index (χ2v) is 7.53. The number of piperidine rings is 3. The van der Waals surface area contributed by atoms with Crippen LogP contribution < -0.4 is 5.32 Å². The predicted molar refractivity (Wildman–Crippen MR) is 90.3 cm³/mol. The van der Waals surface area contributed by atoms with E-state index in [0.29, 0.717) is 27.5 Å². The molecular weight excluding hydrogens is 327 g/mol. The highest BCUT2D eigenvalue weighted by molar-refractivity contribution is 7.16. The van der Waals surface area contributed by atoms with E-state index in [4.69, 9.17) is 0 Å². The fourth-order valence-electron chi connectivity index (χ4n) is 3.79. The van der Waals surface area contributed by atoms with Crippen molar-refractivity contribution in [3.05, 3.63) is 35.2 Å². The van der Waals surface area contributed by atoms with Crippen molar-refractivity contribution in [1.82, 2.24) is 20.2 Å². The van der Waals surface area contributed by atoms with E-state index in [1.165, 1.54) is 29.7 Å². The minimum Gasteiger partial charge on any atom is -0.347 e. The number of rotatable bonds is 3. The molecule has 2 atom stereocenters. The summed E-state index contributed by atoms with van der Waals surface area (Å²) in [6.07, 6.45) is 5.25. The molecule has 3 saturated heterocycles. The molecule has 0 radical (unpaired) electrons. The Morgan fingerprint density at radius 2 is 2.17 bits per heavy atom. The average Bonchev–Trinajstić information content (AvgIpc) is 3.09. The Kier molecular flexibility index (Phi) is 4.05. The fourth-order valence-corrected chi connectivity index (χ4v) is 4.57. The van der Waals surface area contributed by atoms with E-state index in [9.17, 15) is 9.18 Å². The maximum Gasteiger partial charge on any atom is 0.263 e. The monoisotopic (exact) mass is 346 g/mol. The van der Waals surface area contributed by atoms with Gasteiger partial charge in [-0.25, -0.2) is 9.37 Å². The van der Waals surface area contributed by atoms with Crippen LogP contribution in [0.3, 0.4) is 0 Å². The molecule has 2 unspecified atom stereocenters. The number of thiazole rings is 1. The van der Waals surface area contributed by atoms with Crippen molar-refractivity contribution < 1.29 is 9.18 Å². The zero-order chi connectivity index (χ0) is 16.7. The molecule has 2 bridgehead atoms. The predicted octanol–water partition coefficient (Wildman–Crippen LogP) is 2.56. The first-order valence-electron chi connectivity index (χ1n) is 8.24. The van der Waals surface area contributed by atoms with Gasteiger partial charge in [-0.2, -0.15) is 0 Å². The van der Waals surface area contributed by atoms with Crippen LogP contribution in [0.5, 0.6) is 0 Å². The smallest absolute Gasteiger partial charge is 0.263 e. The molecule has 1 amide bonds. The Morgan fingerprint density at radius 3 is 2.88 bits per heavy atom. The maximum absolute atomic E-state index is 13.3. The normalized spacial score (nSPS) is 28.8. The van der Waals surface area contributed by atoms with Crippen molar-refractivity contribution >= 4 is 17.2 Å². The Labute approximate surface area is 143 Å². The highest BCUT2D eigenvalue weighted by atomic mass is 32.1. The van der Waals surface area contributed by atoms with E-state index >= 15 is 0 Å². The lowest BCUT2D eigenvalue weighted by Gasteiger charge is -2.49. The lowest BCUT2D eigenvalue weighted by atomic mass is 9.79. The van der Waals surface area contributed by atoms with E-state index in [0.717, 1.165) is 25.9 Å². The van der Waals surface area contributed by atoms with Crippen LogP contribution >= 0.6 is 11.3 Å². The third kappa shape index (κ3) is 2.82. The Hall–Kier alpha value is -1.86. The number of hydrogen-bond donors (Lipinski definition) is 1. The Balaban J connectivity index is 1.49. The van der Waals surface area contributed by atoms with Gasteiger partial charge < -0.3 is 5.32 Å². The van der Waals surface area contributed by atoms with E-state index in [1.54, 1.807) is 6.20 Å². The number of pyridine rings is 1. The van der Waals surface area contributed by atoms with Crippen molar-refractivity contribution in [1.29, 1.82) is 0 Å². The molecule has 5 nitrogen and oxygen atoms in total. The van der Waals surface area contributed by atoms with Gasteiger partial charge in [0, 0.05) is 24.3 Å². The van der Waals surface area contributed by atoms with Crippen molar-refractivity contribution in [3.63, 3.8) is 0 Å². The first-order valence-corrected chi connectivity index (χ1v) is 9.06. The van der Waals surface area contributed by atoms with Crippen molar-refractivity contribution in [2.45, 2.75) is 31.8 Å². The van der Waals surface area contributed by atoms with Gasteiger partial charge in [-0.05, 0) is 44.8 Å². The average molecular weight is 346 g/mol. The van der Waals surface area contributed by atoms with Crippen LogP contribution in [0.15, 0.2) is 24.5 Å². The number of halogens is 1. The van der Waals surface area contributed by atoms with E-state index < -0.39 is 0 Å². The van der Waals surface area contributed by atoms with Crippen LogP contribution in [-0.4, -0.2) is 45.9 Å². The van der Waals surface area contributed by atoms with E-state index in [-0.39, 0.29) is 17.8 Å². The van der Waals surface area contributed by atoms with Crippen LogP contribution in [0.2, 0.25) is 0 Å². The molecule has 0 spiro atoms. The van der Waals surface area contributed by atoms with Gasteiger partial charge in [-0.15, -0.1) is 11.3 Å². The lowest BCUT2D eigenvalue weighted by Crippen LogP contribution is -2.62. The fraction of sp³-hybridized carbons (Fsp3) is 0.471. The van der Waals surface area contributed by atoms with Gasteiger partial charge in [-0.1, -0.05) is 0 Å². The summed E-state index contributed by atoms with van der Waals surface area (Å²) in [4.78, 5) is 23.9. The summed E-state index contributed by atoms with van der Waals surface area (Å²) in [6.45, 7) is 4.45. The molecular formula is C17H19FN4OS. The molecule has 3 aliphatic heterocycles. The van der Waals surface area contributed by atoms with Gasteiger partial charge in [0.05, 0.1) is 6.20 Å². The molecule has 0 aliphatic carbocycles. The van der Waals surface area contributed by atoms with Crippen molar-refractivity contribution in [2.75, 3.05) is 13.1 Å². The summed E-state index contributed by atoms with van der Waals surface area (Å²) >= 11 is 1.25. The van der Waals surface area contributed by atoms with Crippen LogP contribution in [-0.2, 0) is 0 Å². The third-order valence-electron chi connectivity index (χ3n) is 5.15. The number of fused-ring (bicyclic) bond motifs is 3. The summed E-state index contributed by atoms with van der Waals surface area (Å²) < 4.78 is 13.3. The number of amides is 1. The molecule has 2 aromatic heterocycles. The molecule has 2 aromatic rings. The van der Waals surface area contributed by atoms with Gasteiger partial charge in [0.2, 0.25) is 0 Å². The number of aromatic nitrogens is 2. The number of carbonyl (C=O) groups excluding carboxylic acids is 1. The molecule has 0 aromatic carbocycles. The number of nitrogens with zero attached hydrogens (tertiary/aromatic N) is 3. The Bertz CT molecular complexity index is 755. The third-order valence-corrected chi connectivity index (χ3v) is 6.16. The molecule has 5 heterocycles. The SMILES string of the molecule is CC1C(NC(=O)c2cnc(-c3cc(F)ccn3)s2)C2CCN1CC2. The zero-order valence-corrected chi connectivity index (χ0v) is 14.2. The molecule has 3 fully saturated rings. The van der Waals surface area contributed by atoms with Crippen LogP contribution in [0.25, 0.3) is 10.7 Å². The van der Waals surface area contributed by atoms with E-state index in [1.807, 2.05) is 0 Å². The zero-order valence-electron chi connectivity index (χ0n) is 13.4. The van der Waals surface area contributed by atoms with Crippen LogP contribution in [0.1, 0.15) is 29.4 Å². The van der Waals surface area contributed by atoms with E-state index in [2.05, 4.69) is 27.1 Å². The number of nitrogens with one attached hydrogen (secondary N) is 1. The summed E-state index contributed by atoms with van der Waals surface area (Å²) in [5, 5.41) is 3.74. The molecule has 5 rings (SSSR count). The van der Waals surface area contributed by atoms with Crippen molar-refractivity contribution in [2.24, 2.45) is 5.92 Å². The maximum atomic E-state index is 13.3. The summed E-state index contributed by atoms with van der Waals surface area (Å²) in [5.74, 6) is 0.106. The number of carbonyl (C=O) groups is 1. The quantitative estimate of drug-likeness (QED) is 0.928. The van der Waals surface area contributed by atoms with Gasteiger partial charge in [0.15, 0.2) is 0 Å². The number of hydrogen-bond acceptors (Lipinski definition) is 5. The molecule has 126 valence electrons. The topological polar surface area (TPSA) is 58.1 Å². The standard InChI is InChI=1S/C17H19FN4OS/c1-10-15(11-3-6-22(10)7-4-11)21-16(23)14-9-20-17(24-14)13-8-12(18)2-5-19-13/h2,5,8-11,15H,3-4,6-7H2,1H3,(H,21,23). The molecule has 1 N–H and O–H groups in total. The van der Waals surface area contributed by atoms with Gasteiger partial charge in [0.1, 0.15) is 21.4 Å². The first kappa shape index (κ1) is 15.7. The first-order chi connectivity index (χ1) is 11.6. The second kappa shape index (κ2) is 6.22. The molecule has 24 heavy (non-hydrogen) atoms. The summed E-state index contributed by atoms with van der Waals surface area (Å²) in [7, 11) is 0. The second-order valence-electron chi connectivity index (χ2n) is 6.50. The highest BCUT2D eigenvalue weighted by Crippen LogP contribution is 2.32. The van der Waals surface area contributed by atoms with Crippen molar-refractivity contribution in [3.8, 4) is 10.7 Å². The highest BCUT2D eigenvalue weighted by Gasteiger charge is 2.40.